The van der Waals surface area contributed by atoms with Gasteiger partial charge in [0.05, 0.1) is 12.3 Å². The highest BCUT2D eigenvalue weighted by Crippen LogP contribution is 2.26. The van der Waals surface area contributed by atoms with Crippen molar-refractivity contribution in [2.24, 2.45) is 5.92 Å². The number of hydrogen-bond donors (Lipinski definition) is 1. The van der Waals surface area contributed by atoms with E-state index in [0.717, 1.165) is 13.1 Å². The number of hydrogen-bond acceptors (Lipinski definition) is 4. The monoisotopic (exact) mass is 291 g/mol. The second kappa shape index (κ2) is 6.35. The number of carbonyl (C=O) groups is 1. The van der Waals surface area contributed by atoms with E-state index in [4.69, 9.17) is 10.5 Å². The number of nitrogens with two attached hydrogens (primary N) is 1. The Morgan fingerprint density at radius 2 is 2.14 bits per heavy atom. The summed E-state index contributed by atoms with van der Waals surface area (Å²) in [4.78, 5) is 16.7. The summed E-state index contributed by atoms with van der Waals surface area (Å²) in [5, 5.41) is 0. The Hall–Kier alpha value is -1.75. The molecule has 1 aliphatic heterocycles. The molecule has 1 aliphatic rings. The maximum atomic E-state index is 12.6. The van der Waals surface area contributed by atoms with E-state index >= 15 is 0 Å². The molecule has 2 unspecified atom stereocenters. The van der Waals surface area contributed by atoms with Crippen LogP contribution in [0, 0.1) is 5.92 Å². The molecule has 2 rings (SSSR count). The zero-order chi connectivity index (χ0) is 15.6. The van der Waals surface area contributed by atoms with E-state index in [2.05, 4.69) is 25.9 Å². The number of amides is 1. The predicted octanol–water partition coefficient (Wildman–Crippen LogP) is 1.69. The summed E-state index contributed by atoms with van der Waals surface area (Å²) < 4.78 is 5.41. The smallest absolute Gasteiger partial charge is 0.253 e. The summed E-state index contributed by atoms with van der Waals surface area (Å²) in [5.74, 6) is 1.15. The number of anilines is 1. The Balaban J connectivity index is 2.12. The van der Waals surface area contributed by atoms with Crippen molar-refractivity contribution in [3.05, 3.63) is 23.8 Å². The summed E-state index contributed by atoms with van der Waals surface area (Å²) in [7, 11) is 4.12. The minimum atomic E-state index is 0.0425. The highest BCUT2D eigenvalue weighted by atomic mass is 16.5. The maximum Gasteiger partial charge on any atom is 0.253 e. The van der Waals surface area contributed by atoms with Crippen LogP contribution in [0.3, 0.4) is 0 Å². The first kappa shape index (κ1) is 15.6. The molecule has 0 saturated carbocycles. The molecular weight excluding hydrogens is 266 g/mol. The lowest BCUT2D eigenvalue weighted by Crippen LogP contribution is -2.35. The van der Waals surface area contributed by atoms with Crippen LogP contribution in [0.25, 0.3) is 0 Å². The molecule has 0 bridgehead atoms. The van der Waals surface area contributed by atoms with Crippen LogP contribution in [0.5, 0.6) is 5.75 Å². The van der Waals surface area contributed by atoms with E-state index in [1.54, 1.807) is 18.2 Å². The molecule has 1 heterocycles. The molecule has 0 spiro atoms. The SMILES string of the molecule is CCOc1ccc(C(=O)N2CC(C)C(N(C)C)C2)cc1N. The van der Waals surface area contributed by atoms with Crippen LogP contribution >= 0.6 is 0 Å². The molecule has 5 nitrogen and oxygen atoms in total. The van der Waals surface area contributed by atoms with Crippen LogP contribution in [-0.4, -0.2) is 55.5 Å². The molecule has 2 atom stereocenters. The second-order valence-electron chi connectivity index (χ2n) is 5.90. The van der Waals surface area contributed by atoms with Gasteiger partial charge in [-0.1, -0.05) is 6.92 Å². The van der Waals surface area contributed by atoms with Crippen molar-refractivity contribution in [2.75, 3.05) is 39.5 Å². The van der Waals surface area contributed by atoms with Crippen molar-refractivity contribution < 1.29 is 9.53 Å². The lowest BCUT2D eigenvalue weighted by molar-refractivity contribution is 0.0781. The zero-order valence-corrected chi connectivity index (χ0v) is 13.3. The molecule has 1 saturated heterocycles. The largest absolute Gasteiger partial charge is 0.492 e. The lowest BCUT2D eigenvalue weighted by Gasteiger charge is -2.22. The van der Waals surface area contributed by atoms with Crippen LogP contribution in [0.15, 0.2) is 18.2 Å². The summed E-state index contributed by atoms with van der Waals surface area (Å²) in [5.41, 5.74) is 7.08. The van der Waals surface area contributed by atoms with Gasteiger partial charge in [0.2, 0.25) is 0 Å². The van der Waals surface area contributed by atoms with Gasteiger partial charge < -0.3 is 20.3 Å². The summed E-state index contributed by atoms with van der Waals surface area (Å²) in [6.07, 6.45) is 0. The average Bonchev–Trinajstić information content (AvgIpc) is 2.82. The van der Waals surface area contributed by atoms with Gasteiger partial charge in [-0.3, -0.25) is 4.79 Å². The second-order valence-corrected chi connectivity index (χ2v) is 5.90. The third kappa shape index (κ3) is 3.29. The van der Waals surface area contributed by atoms with Crippen molar-refractivity contribution in [3.8, 4) is 5.75 Å². The Morgan fingerprint density at radius 1 is 1.43 bits per heavy atom. The fourth-order valence-corrected chi connectivity index (χ4v) is 2.94. The van der Waals surface area contributed by atoms with Gasteiger partial charge in [0.1, 0.15) is 5.75 Å². The number of likely N-dealkylation sites (tertiary alicyclic amines) is 1. The van der Waals surface area contributed by atoms with Gasteiger partial charge >= 0.3 is 0 Å². The van der Waals surface area contributed by atoms with Crippen LogP contribution in [-0.2, 0) is 0 Å². The molecule has 0 aromatic heterocycles. The molecule has 1 aromatic carbocycles. The first-order valence-corrected chi connectivity index (χ1v) is 7.42. The number of nitrogens with zero attached hydrogens (tertiary/aromatic N) is 2. The fraction of sp³-hybridized carbons (Fsp3) is 0.562. The van der Waals surface area contributed by atoms with Crippen molar-refractivity contribution >= 4 is 11.6 Å². The van der Waals surface area contributed by atoms with Crippen LogP contribution in [0.4, 0.5) is 5.69 Å². The van der Waals surface area contributed by atoms with E-state index in [1.165, 1.54) is 0 Å². The first-order chi connectivity index (χ1) is 9.93. The van der Waals surface area contributed by atoms with Gasteiger partial charge in [-0.05, 0) is 45.1 Å². The number of ether oxygens (including phenoxy) is 1. The fourth-order valence-electron chi connectivity index (χ4n) is 2.94. The molecule has 116 valence electrons. The Bertz CT molecular complexity index is 516. The van der Waals surface area contributed by atoms with Gasteiger partial charge in [0.15, 0.2) is 0 Å². The molecule has 1 aromatic rings. The Morgan fingerprint density at radius 3 is 2.67 bits per heavy atom. The molecule has 0 radical (unpaired) electrons. The third-order valence-corrected chi connectivity index (χ3v) is 4.08. The van der Waals surface area contributed by atoms with Gasteiger partial charge in [-0.2, -0.15) is 0 Å². The minimum Gasteiger partial charge on any atom is -0.492 e. The highest BCUT2D eigenvalue weighted by molar-refractivity contribution is 5.95. The van der Waals surface area contributed by atoms with Gasteiger partial charge in [-0.15, -0.1) is 0 Å². The van der Waals surface area contributed by atoms with Crippen molar-refractivity contribution in [3.63, 3.8) is 0 Å². The predicted molar refractivity (Wildman–Crippen MR) is 84.6 cm³/mol. The molecular formula is C16H25N3O2. The summed E-state index contributed by atoms with van der Waals surface area (Å²) in [6.45, 7) is 6.20. The quantitative estimate of drug-likeness (QED) is 0.858. The summed E-state index contributed by atoms with van der Waals surface area (Å²) in [6, 6.07) is 5.68. The number of rotatable bonds is 4. The average molecular weight is 291 g/mol. The maximum absolute atomic E-state index is 12.6. The van der Waals surface area contributed by atoms with Crippen LogP contribution in [0.1, 0.15) is 24.2 Å². The number of likely N-dealkylation sites (N-methyl/N-ethyl adjacent to an activating group) is 1. The van der Waals surface area contributed by atoms with Gasteiger partial charge in [-0.25, -0.2) is 0 Å². The van der Waals surface area contributed by atoms with Crippen LogP contribution in [0.2, 0.25) is 0 Å². The minimum absolute atomic E-state index is 0.0425. The third-order valence-electron chi connectivity index (χ3n) is 4.08. The number of nitrogen functional groups attached to an aromatic ring is 1. The molecule has 1 fully saturated rings. The zero-order valence-electron chi connectivity index (χ0n) is 13.3. The van der Waals surface area contributed by atoms with Gasteiger partial charge in [0.25, 0.3) is 5.91 Å². The van der Waals surface area contributed by atoms with Crippen molar-refractivity contribution in [2.45, 2.75) is 19.9 Å². The normalized spacial score (nSPS) is 21.9. The molecule has 21 heavy (non-hydrogen) atoms. The van der Waals surface area contributed by atoms with Crippen molar-refractivity contribution in [1.82, 2.24) is 9.80 Å². The van der Waals surface area contributed by atoms with Crippen molar-refractivity contribution in [1.29, 1.82) is 0 Å². The molecule has 2 N–H and O–H groups in total. The first-order valence-electron chi connectivity index (χ1n) is 7.42. The van der Waals surface area contributed by atoms with E-state index < -0.39 is 0 Å². The van der Waals surface area contributed by atoms with E-state index in [1.807, 2.05) is 11.8 Å². The topological polar surface area (TPSA) is 58.8 Å². The van der Waals surface area contributed by atoms with E-state index in [-0.39, 0.29) is 5.91 Å². The lowest BCUT2D eigenvalue weighted by atomic mass is 10.1. The van der Waals surface area contributed by atoms with Gasteiger partial charge in [0, 0.05) is 24.7 Å². The van der Waals surface area contributed by atoms with E-state index in [9.17, 15) is 4.79 Å². The Labute approximate surface area is 126 Å². The number of benzene rings is 1. The highest BCUT2D eigenvalue weighted by Gasteiger charge is 2.34. The molecule has 1 amide bonds. The van der Waals surface area contributed by atoms with E-state index in [0.29, 0.717) is 35.6 Å². The summed E-state index contributed by atoms with van der Waals surface area (Å²) >= 11 is 0. The Kier molecular flexibility index (Phi) is 4.73. The number of carbonyl (C=O) groups excluding carboxylic acids is 1. The molecule has 5 heteroatoms. The standard InChI is InChI=1S/C16H25N3O2/c1-5-21-15-7-6-12(8-13(15)17)16(20)19-9-11(2)14(10-19)18(3)4/h6-8,11,14H,5,9-10,17H2,1-4H3. The molecule has 0 aliphatic carbocycles. The van der Waals surface area contributed by atoms with Crippen LogP contribution < -0.4 is 10.5 Å².